The highest BCUT2D eigenvalue weighted by Crippen LogP contribution is 2.35. The Morgan fingerprint density at radius 1 is 1.28 bits per heavy atom. The van der Waals surface area contributed by atoms with Crippen molar-refractivity contribution >= 4 is 28.9 Å². The van der Waals surface area contributed by atoms with E-state index in [2.05, 4.69) is 5.32 Å². The van der Waals surface area contributed by atoms with Crippen LogP contribution in [0.5, 0.6) is 11.5 Å². The number of methoxy groups -OCH3 is 2. The molecule has 0 aliphatic rings. The zero-order valence-electron chi connectivity index (χ0n) is 13.3. The van der Waals surface area contributed by atoms with Crippen LogP contribution in [0.3, 0.4) is 0 Å². The maximum absolute atomic E-state index is 12.2. The quantitative estimate of drug-likeness (QED) is 0.617. The van der Waals surface area contributed by atoms with Crippen LogP contribution in [0.4, 0.5) is 11.4 Å². The molecule has 1 heterocycles. The van der Waals surface area contributed by atoms with Crippen LogP contribution < -0.4 is 20.3 Å². The number of benzene rings is 1. The molecule has 0 atom stereocenters. The summed E-state index contributed by atoms with van der Waals surface area (Å²) in [7, 11) is 2.84. The van der Waals surface area contributed by atoms with E-state index in [1.54, 1.807) is 0 Å². The topological polar surface area (TPSA) is 113 Å². The molecule has 0 aliphatic heterocycles. The van der Waals surface area contributed by atoms with Crippen molar-refractivity contribution in [2.45, 2.75) is 6.54 Å². The fourth-order valence-electron chi connectivity index (χ4n) is 2.05. The Morgan fingerprint density at radius 3 is 2.56 bits per heavy atom. The van der Waals surface area contributed by atoms with E-state index >= 15 is 0 Å². The van der Waals surface area contributed by atoms with Crippen LogP contribution in [-0.2, 0) is 11.3 Å². The Labute approximate surface area is 146 Å². The van der Waals surface area contributed by atoms with Crippen molar-refractivity contribution in [1.29, 1.82) is 0 Å². The van der Waals surface area contributed by atoms with E-state index in [0.717, 1.165) is 22.9 Å². The van der Waals surface area contributed by atoms with Crippen molar-refractivity contribution in [3.63, 3.8) is 0 Å². The van der Waals surface area contributed by atoms with Crippen molar-refractivity contribution < 1.29 is 19.2 Å². The average Bonchev–Trinajstić information content (AvgIpc) is 2.56. The van der Waals surface area contributed by atoms with Gasteiger partial charge in [-0.15, -0.1) is 0 Å². The van der Waals surface area contributed by atoms with Crippen molar-refractivity contribution in [3.05, 3.63) is 56.0 Å². The fourth-order valence-corrected chi connectivity index (χ4v) is 2.29. The number of halogens is 1. The van der Waals surface area contributed by atoms with Gasteiger partial charge in [0.15, 0.2) is 0 Å². The maximum atomic E-state index is 12.2. The van der Waals surface area contributed by atoms with Crippen LogP contribution in [0.15, 0.2) is 35.3 Å². The van der Waals surface area contributed by atoms with Gasteiger partial charge in [-0.25, -0.2) is 0 Å². The molecule has 0 aliphatic carbocycles. The lowest BCUT2D eigenvalue weighted by atomic mass is 10.2. The Balaban J connectivity index is 2.24. The lowest BCUT2D eigenvalue weighted by Crippen LogP contribution is -2.27. The molecule has 25 heavy (non-hydrogen) atoms. The number of aromatic nitrogens is 1. The van der Waals surface area contributed by atoms with Crippen LogP contribution in [0.2, 0.25) is 5.02 Å². The molecule has 1 amide bonds. The van der Waals surface area contributed by atoms with E-state index in [1.807, 2.05) is 0 Å². The molecule has 0 fully saturated rings. The third-order valence-corrected chi connectivity index (χ3v) is 3.54. The minimum Gasteiger partial charge on any atom is -0.495 e. The van der Waals surface area contributed by atoms with Gasteiger partial charge in [-0.3, -0.25) is 24.3 Å². The third-order valence-electron chi connectivity index (χ3n) is 3.24. The third kappa shape index (κ3) is 4.27. The van der Waals surface area contributed by atoms with Crippen molar-refractivity contribution in [2.75, 3.05) is 19.5 Å². The number of carbonyl (C=O) groups is 1. The van der Waals surface area contributed by atoms with Gasteiger partial charge in [0.05, 0.1) is 36.0 Å². The Kier molecular flexibility index (Phi) is 5.60. The summed E-state index contributed by atoms with van der Waals surface area (Å²) < 4.78 is 11.2. The number of anilines is 1. The van der Waals surface area contributed by atoms with Crippen LogP contribution in [0.25, 0.3) is 0 Å². The van der Waals surface area contributed by atoms with Crippen LogP contribution in [0, 0.1) is 10.1 Å². The van der Waals surface area contributed by atoms with Gasteiger partial charge < -0.3 is 14.8 Å². The molecule has 132 valence electrons. The first-order valence-corrected chi connectivity index (χ1v) is 7.29. The van der Waals surface area contributed by atoms with E-state index in [1.165, 1.54) is 26.4 Å². The molecule has 9 nitrogen and oxygen atoms in total. The standard InChI is InChI=1S/C15H14ClN3O6/c1-24-12-6-13(25-2)11(5-10(12)16)17-14(20)8-18-7-9(19(22)23)3-4-15(18)21/h3-7H,8H2,1-2H3,(H,17,20). The zero-order chi connectivity index (χ0) is 18.6. The number of hydrogen-bond donors (Lipinski definition) is 1. The Hall–Kier alpha value is -3.07. The second-order valence-corrected chi connectivity index (χ2v) is 5.25. The SMILES string of the molecule is COc1cc(OC)c(NC(=O)Cn2cc([N+](=O)[O-])ccc2=O)cc1Cl. The number of nitrogens with one attached hydrogen (secondary N) is 1. The van der Waals surface area contributed by atoms with Gasteiger partial charge in [-0.1, -0.05) is 11.6 Å². The predicted octanol–water partition coefficient (Wildman–Crippen LogP) is 2.07. The average molecular weight is 368 g/mol. The smallest absolute Gasteiger partial charge is 0.285 e. The highest BCUT2D eigenvalue weighted by molar-refractivity contribution is 6.32. The van der Waals surface area contributed by atoms with Gasteiger partial charge in [-0.2, -0.15) is 0 Å². The van der Waals surface area contributed by atoms with E-state index in [4.69, 9.17) is 21.1 Å². The summed E-state index contributed by atoms with van der Waals surface area (Å²) in [5.74, 6) is 0.0922. The summed E-state index contributed by atoms with van der Waals surface area (Å²) in [5.41, 5.74) is -0.560. The van der Waals surface area contributed by atoms with E-state index in [-0.39, 0.29) is 16.4 Å². The van der Waals surface area contributed by atoms with Crippen LogP contribution in [-0.4, -0.2) is 29.6 Å². The van der Waals surface area contributed by atoms with E-state index in [0.29, 0.717) is 11.5 Å². The molecule has 2 rings (SSSR count). The Morgan fingerprint density at radius 2 is 1.96 bits per heavy atom. The number of pyridine rings is 1. The molecule has 0 saturated carbocycles. The highest BCUT2D eigenvalue weighted by Gasteiger charge is 2.14. The molecule has 1 aromatic carbocycles. The summed E-state index contributed by atoms with van der Waals surface area (Å²) in [5, 5.41) is 13.6. The minimum absolute atomic E-state index is 0.256. The summed E-state index contributed by atoms with van der Waals surface area (Å²) in [4.78, 5) is 34.0. The summed E-state index contributed by atoms with van der Waals surface area (Å²) >= 11 is 6.02. The minimum atomic E-state index is -0.653. The number of hydrogen-bond acceptors (Lipinski definition) is 6. The number of nitro groups is 1. The van der Waals surface area contributed by atoms with Gasteiger partial charge in [0.1, 0.15) is 18.0 Å². The molecule has 1 N–H and O–H groups in total. The monoisotopic (exact) mass is 367 g/mol. The van der Waals surface area contributed by atoms with Gasteiger partial charge in [0.25, 0.3) is 11.2 Å². The fraction of sp³-hybridized carbons (Fsp3) is 0.200. The maximum Gasteiger partial charge on any atom is 0.285 e. The molecule has 1 aromatic heterocycles. The first kappa shape index (κ1) is 18.3. The summed E-state index contributed by atoms with van der Waals surface area (Å²) in [6.45, 7) is -0.409. The number of amides is 1. The van der Waals surface area contributed by atoms with Gasteiger partial charge >= 0.3 is 0 Å². The number of nitrogens with zero attached hydrogens (tertiary/aromatic N) is 2. The first-order valence-electron chi connectivity index (χ1n) is 6.92. The molecule has 2 aromatic rings. The zero-order valence-corrected chi connectivity index (χ0v) is 14.1. The molecule has 0 unspecified atom stereocenters. The highest BCUT2D eigenvalue weighted by atomic mass is 35.5. The first-order chi connectivity index (χ1) is 11.8. The molecule has 0 radical (unpaired) electrons. The molecule has 10 heteroatoms. The number of rotatable bonds is 6. The molecular formula is C15H14ClN3O6. The van der Waals surface area contributed by atoms with Crippen molar-refractivity contribution in [1.82, 2.24) is 4.57 Å². The van der Waals surface area contributed by atoms with Gasteiger partial charge in [0, 0.05) is 18.2 Å². The lowest BCUT2D eigenvalue weighted by molar-refractivity contribution is -0.385. The van der Waals surface area contributed by atoms with Crippen LogP contribution in [0.1, 0.15) is 0 Å². The number of ether oxygens (including phenoxy) is 2. The number of carbonyl (C=O) groups excluding carboxylic acids is 1. The van der Waals surface area contributed by atoms with E-state index < -0.39 is 22.9 Å². The van der Waals surface area contributed by atoms with Crippen LogP contribution >= 0.6 is 11.6 Å². The Bertz CT molecular complexity index is 880. The van der Waals surface area contributed by atoms with Crippen molar-refractivity contribution in [2.24, 2.45) is 0 Å². The molecular weight excluding hydrogens is 354 g/mol. The molecule has 0 saturated heterocycles. The largest absolute Gasteiger partial charge is 0.495 e. The second kappa shape index (κ2) is 7.67. The summed E-state index contributed by atoms with van der Waals surface area (Å²) in [6.07, 6.45) is 1.00. The summed E-state index contributed by atoms with van der Waals surface area (Å²) in [6, 6.07) is 5.03. The van der Waals surface area contributed by atoms with Gasteiger partial charge in [-0.05, 0) is 6.07 Å². The predicted molar refractivity (Wildman–Crippen MR) is 90.5 cm³/mol. The molecule has 0 spiro atoms. The normalized spacial score (nSPS) is 10.2. The van der Waals surface area contributed by atoms with Gasteiger partial charge in [0.2, 0.25) is 5.91 Å². The molecule has 0 bridgehead atoms. The van der Waals surface area contributed by atoms with E-state index in [9.17, 15) is 19.7 Å². The second-order valence-electron chi connectivity index (χ2n) is 4.85. The lowest BCUT2D eigenvalue weighted by Gasteiger charge is -2.13. The van der Waals surface area contributed by atoms with Crippen molar-refractivity contribution in [3.8, 4) is 11.5 Å².